The van der Waals surface area contributed by atoms with E-state index in [2.05, 4.69) is 5.32 Å². The molecule has 0 aliphatic rings. The predicted octanol–water partition coefficient (Wildman–Crippen LogP) is 7.08. The molecule has 0 aromatic heterocycles. The van der Waals surface area contributed by atoms with E-state index in [9.17, 15) is 35.9 Å². The molecular formula is C22H16Cl4F6N2O3. The summed E-state index contributed by atoms with van der Waals surface area (Å²) in [6, 6.07) is 4.30. The van der Waals surface area contributed by atoms with Crippen LogP contribution in [0, 0.1) is 0 Å². The van der Waals surface area contributed by atoms with Gasteiger partial charge < -0.3 is 15.4 Å². The number of benzene rings is 2. The van der Waals surface area contributed by atoms with Gasteiger partial charge in [0.2, 0.25) is 5.91 Å². The van der Waals surface area contributed by atoms with Gasteiger partial charge in [0.05, 0.1) is 45.2 Å². The lowest BCUT2D eigenvalue weighted by molar-refractivity contribution is -0.139. The molecular weight excluding hydrogens is 596 g/mol. The number of hydrogen-bond acceptors (Lipinski definition) is 3. The van der Waals surface area contributed by atoms with Crippen LogP contribution in [-0.2, 0) is 4.79 Å². The van der Waals surface area contributed by atoms with Crippen LogP contribution < -0.4 is 15.4 Å². The van der Waals surface area contributed by atoms with E-state index in [-0.39, 0.29) is 42.5 Å². The van der Waals surface area contributed by atoms with Gasteiger partial charge in [-0.1, -0.05) is 58.6 Å². The Morgan fingerprint density at radius 3 is 2.05 bits per heavy atom. The summed E-state index contributed by atoms with van der Waals surface area (Å²) < 4.78 is 83.0. The van der Waals surface area contributed by atoms with Crippen LogP contribution in [0.1, 0.15) is 27.4 Å². The highest BCUT2D eigenvalue weighted by Crippen LogP contribution is 2.41. The van der Waals surface area contributed by atoms with Crippen LogP contribution in [0.2, 0.25) is 20.1 Å². The van der Waals surface area contributed by atoms with Crippen molar-refractivity contribution in [1.82, 2.24) is 10.6 Å². The lowest BCUT2D eigenvalue weighted by atomic mass is 9.96. The first kappa shape index (κ1) is 30.9. The zero-order valence-electron chi connectivity index (χ0n) is 18.5. The fourth-order valence-corrected chi connectivity index (χ4v) is 3.80. The van der Waals surface area contributed by atoms with E-state index in [0.717, 1.165) is 36.4 Å². The number of amides is 2. The molecule has 2 aromatic rings. The van der Waals surface area contributed by atoms with Crippen LogP contribution in [-0.4, -0.2) is 44.4 Å². The average molecular weight is 612 g/mol. The van der Waals surface area contributed by atoms with E-state index in [0.29, 0.717) is 0 Å². The molecule has 0 saturated heterocycles. The first-order valence-corrected chi connectivity index (χ1v) is 11.4. The average Bonchev–Trinajstić information content (AvgIpc) is 2.78. The Balaban J connectivity index is 2.29. The molecule has 0 heterocycles. The number of halogens is 10. The summed E-state index contributed by atoms with van der Waals surface area (Å²) in [6.45, 7) is -2.36. The molecule has 37 heavy (non-hydrogen) atoms. The van der Waals surface area contributed by atoms with Gasteiger partial charge >= 0.3 is 12.4 Å². The first-order valence-electron chi connectivity index (χ1n) is 9.92. The molecule has 1 unspecified atom stereocenters. The van der Waals surface area contributed by atoms with Gasteiger partial charge in [0.25, 0.3) is 5.91 Å². The Morgan fingerprint density at radius 2 is 1.54 bits per heavy atom. The second-order valence-electron chi connectivity index (χ2n) is 7.33. The molecule has 1 atom stereocenters. The number of carbonyl (C=O) groups excluding carboxylic acids is 2. The highest BCUT2D eigenvalue weighted by Gasteiger charge is 2.39. The Kier molecular flexibility index (Phi) is 10.4. The van der Waals surface area contributed by atoms with E-state index >= 15 is 0 Å². The molecule has 15 heteroatoms. The summed E-state index contributed by atoms with van der Waals surface area (Å²) in [5.41, 5.74) is -0.455. The Hall–Kier alpha value is -2.34. The highest BCUT2D eigenvalue weighted by atomic mass is 35.5. The van der Waals surface area contributed by atoms with Crippen LogP contribution in [0.3, 0.4) is 0 Å². The molecule has 0 saturated carbocycles. The molecule has 0 spiro atoms. The minimum atomic E-state index is -4.75. The molecule has 2 amide bonds. The summed E-state index contributed by atoms with van der Waals surface area (Å²) in [5, 5.41) is 3.00. The third-order valence-electron chi connectivity index (χ3n) is 4.65. The van der Waals surface area contributed by atoms with Crippen molar-refractivity contribution in [1.29, 1.82) is 0 Å². The van der Waals surface area contributed by atoms with Crippen LogP contribution in [0.4, 0.5) is 26.3 Å². The Bertz CT molecular complexity index is 1180. The minimum Gasteiger partial charge on any atom is -0.496 e. The van der Waals surface area contributed by atoms with Gasteiger partial charge in [0.1, 0.15) is 12.3 Å². The number of carbonyl (C=O) groups is 2. The van der Waals surface area contributed by atoms with Crippen molar-refractivity contribution in [3.63, 3.8) is 0 Å². The number of ether oxygens (including phenoxy) is 1. The van der Waals surface area contributed by atoms with Gasteiger partial charge in [-0.25, -0.2) is 0 Å². The van der Waals surface area contributed by atoms with Gasteiger partial charge in [-0.2, -0.15) is 26.3 Å². The van der Waals surface area contributed by atoms with Crippen molar-refractivity contribution >= 4 is 64.3 Å². The SMILES string of the molecule is COc1cc(C(=O)NCC(=O)NCC(F)(F)F)c(Cl)cc1C=CC(c1cc(Cl)c(Cl)c(Cl)c1)C(F)(F)F. The third kappa shape index (κ3) is 8.87. The largest absolute Gasteiger partial charge is 0.496 e. The third-order valence-corrected chi connectivity index (χ3v) is 6.16. The summed E-state index contributed by atoms with van der Waals surface area (Å²) >= 11 is 23.7. The van der Waals surface area contributed by atoms with Gasteiger partial charge in [-0.05, 0) is 29.8 Å². The molecule has 5 nitrogen and oxygen atoms in total. The highest BCUT2D eigenvalue weighted by molar-refractivity contribution is 6.48. The maximum absolute atomic E-state index is 13.8. The lowest BCUT2D eigenvalue weighted by Gasteiger charge is -2.19. The summed E-state index contributed by atoms with van der Waals surface area (Å²) in [4.78, 5) is 23.9. The maximum Gasteiger partial charge on any atom is 0.405 e. The molecule has 2 aromatic carbocycles. The molecule has 0 aliphatic carbocycles. The quantitative estimate of drug-likeness (QED) is 0.248. The second-order valence-corrected chi connectivity index (χ2v) is 8.93. The zero-order valence-corrected chi connectivity index (χ0v) is 21.5. The molecule has 0 bridgehead atoms. The van der Waals surface area contributed by atoms with E-state index in [1.54, 1.807) is 5.32 Å². The predicted molar refractivity (Wildman–Crippen MR) is 129 cm³/mol. The van der Waals surface area contributed by atoms with E-state index in [4.69, 9.17) is 51.1 Å². The second kappa shape index (κ2) is 12.5. The van der Waals surface area contributed by atoms with Crippen molar-refractivity contribution in [3.05, 3.63) is 67.1 Å². The molecule has 0 fully saturated rings. The van der Waals surface area contributed by atoms with E-state index < -0.39 is 43.2 Å². The monoisotopic (exact) mass is 610 g/mol. The number of alkyl halides is 6. The smallest absolute Gasteiger partial charge is 0.405 e. The van der Waals surface area contributed by atoms with Crippen molar-refractivity contribution in [2.45, 2.75) is 18.3 Å². The van der Waals surface area contributed by atoms with Gasteiger partial charge in [-0.3, -0.25) is 9.59 Å². The van der Waals surface area contributed by atoms with Gasteiger partial charge in [0.15, 0.2) is 0 Å². The summed E-state index contributed by atoms with van der Waals surface area (Å²) in [5.74, 6) is -4.24. The number of nitrogens with one attached hydrogen (secondary N) is 2. The normalized spacial score (nSPS) is 12.9. The van der Waals surface area contributed by atoms with E-state index in [1.807, 2.05) is 0 Å². The maximum atomic E-state index is 13.8. The topological polar surface area (TPSA) is 67.4 Å². The molecule has 2 rings (SSSR count). The summed E-state index contributed by atoms with van der Waals surface area (Å²) in [6.07, 6.45) is -7.52. The summed E-state index contributed by atoms with van der Waals surface area (Å²) in [7, 11) is 1.19. The van der Waals surface area contributed by atoms with Crippen molar-refractivity contribution in [3.8, 4) is 5.75 Å². The van der Waals surface area contributed by atoms with Crippen LogP contribution in [0.25, 0.3) is 6.08 Å². The minimum absolute atomic E-state index is 0.0552. The number of methoxy groups -OCH3 is 1. The molecule has 0 radical (unpaired) electrons. The fraction of sp³-hybridized carbons (Fsp3) is 0.273. The van der Waals surface area contributed by atoms with Crippen molar-refractivity contribution in [2.24, 2.45) is 0 Å². The first-order chi connectivity index (χ1) is 17.0. The van der Waals surface area contributed by atoms with Crippen LogP contribution in [0.5, 0.6) is 5.75 Å². The molecule has 202 valence electrons. The zero-order chi connectivity index (χ0) is 28.1. The lowest BCUT2D eigenvalue weighted by Crippen LogP contribution is -2.40. The number of allylic oxidation sites excluding steroid dienone is 1. The molecule has 2 N–H and O–H groups in total. The standard InChI is InChI=1S/C22H16Cl4F6N2O3/c1-37-17-7-12(20(36)33-8-18(35)34-9-21(27,28)29)14(23)4-10(17)2-3-13(22(30,31)32)11-5-15(24)19(26)16(25)6-11/h2-7,13H,8-9H2,1H3,(H,33,36)(H,34,35). The van der Waals surface area contributed by atoms with Crippen molar-refractivity contribution in [2.75, 3.05) is 20.2 Å². The van der Waals surface area contributed by atoms with E-state index in [1.165, 1.54) is 7.11 Å². The van der Waals surface area contributed by atoms with Gasteiger partial charge in [0, 0.05) is 5.56 Å². The van der Waals surface area contributed by atoms with Crippen LogP contribution in [0.15, 0.2) is 30.3 Å². The number of rotatable bonds is 8. The Labute approximate surface area is 226 Å². The fourth-order valence-electron chi connectivity index (χ4n) is 2.93. The van der Waals surface area contributed by atoms with Crippen LogP contribution >= 0.6 is 46.4 Å². The molecule has 0 aliphatic heterocycles. The van der Waals surface area contributed by atoms with Gasteiger partial charge in [-0.15, -0.1) is 0 Å². The van der Waals surface area contributed by atoms with Crippen molar-refractivity contribution < 1.29 is 40.7 Å². The number of hydrogen-bond donors (Lipinski definition) is 2. The Morgan fingerprint density at radius 1 is 0.946 bits per heavy atom.